The highest BCUT2D eigenvalue weighted by molar-refractivity contribution is 6.02. The summed E-state index contributed by atoms with van der Waals surface area (Å²) in [6.07, 6.45) is 5.72. The van der Waals surface area contributed by atoms with Crippen molar-refractivity contribution < 1.29 is 9.59 Å². The van der Waals surface area contributed by atoms with Crippen LogP contribution in [-0.2, 0) is 0 Å². The summed E-state index contributed by atoms with van der Waals surface area (Å²) < 4.78 is 1.67. The van der Waals surface area contributed by atoms with Crippen LogP contribution in [0.4, 0.5) is 0 Å². The second kappa shape index (κ2) is 9.91. The molecule has 0 spiro atoms. The zero-order valence-corrected chi connectivity index (χ0v) is 15.9. The number of nitrogens with one attached hydrogen (secondary N) is 2. The minimum atomic E-state index is -0.269. The smallest absolute Gasteiger partial charge is 0.287 e. The molecule has 142 valence electrons. The number of nitrogens with zero attached hydrogens (tertiary/aromatic N) is 3. The van der Waals surface area contributed by atoms with Crippen LogP contribution in [0.15, 0.2) is 24.4 Å². The second-order valence-corrected chi connectivity index (χ2v) is 6.62. The Morgan fingerprint density at radius 1 is 1.08 bits per heavy atom. The Hall–Kier alpha value is -2.41. The predicted octanol–water partition coefficient (Wildman–Crippen LogP) is 1.94. The van der Waals surface area contributed by atoms with E-state index in [1.54, 1.807) is 16.7 Å². The van der Waals surface area contributed by atoms with E-state index in [-0.39, 0.29) is 17.6 Å². The number of unbranched alkanes of at least 4 members (excludes halogenated alkanes) is 2. The van der Waals surface area contributed by atoms with Gasteiger partial charge in [0, 0.05) is 19.3 Å². The molecule has 2 amide bonds. The van der Waals surface area contributed by atoms with E-state index in [2.05, 4.69) is 27.4 Å². The molecule has 2 heterocycles. The lowest BCUT2D eigenvalue weighted by molar-refractivity contribution is 0.0941. The summed E-state index contributed by atoms with van der Waals surface area (Å²) in [7, 11) is 3.99. The first-order valence-electron chi connectivity index (χ1n) is 9.22. The first-order valence-corrected chi connectivity index (χ1v) is 9.22. The fraction of sp³-hybridized carbons (Fsp3) is 0.526. The number of carbonyl (C=O) groups is 2. The summed E-state index contributed by atoms with van der Waals surface area (Å²) in [4.78, 5) is 31.4. The molecule has 0 radical (unpaired) electrons. The standard InChI is InChI=1S/C19H29N5O2/c1-4-5-7-11-20-18(25)16-15-10-6-8-14-24(15)17(22-16)19(26)21-12-9-13-23(2)3/h6,8,10,14H,4-5,7,9,11-13H2,1-3H3,(H,20,25)(H,21,26). The lowest BCUT2D eigenvalue weighted by atomic mass is 10.2. The molecule has 7 nitrogen and oxygen atoms in total. The van der Waals surface area contributed by atoms with Crippen LogP contribution in [0, 0.1) is 0 Å². The third-order valence-corrected chi connectivity index (χ3v) is 4.10. The average molecular weight is 359 g/mol. The summed E-state index contributed by atoms with van der Waals surface area (Å²) in [6.45, 7) is 4.20. The Bertz CT molecular complexity index is 739. The van der Waals surface area contributed by atoms with E-state index < -0.39 is 0 Å². The Morgan fingerprint density at radius 3 is 2.54 bits per heavy atom. The molecule has 0 atom stereocenters. The highest BCUT2D eigenvalue weighted by atomic mass is 16.2. The van der Waals surface area contributed by atoms with Crippen molar-refractivity contribution in [1.29, 1.82) is 0 Å². The van der Waals surface area contributed by atoms with Crippen LogP contribution in [0.25, 0.3) is 5.52 Å². The molecule has 0 unspecified atom stereocenters. The van der Waals surface area contributed by atoms with Crippen molar-refractivity contribution in [1.82, 2.24) is 24.9 Å². The highest BCUT2D eigenvalue weighted by Crippen LogP contribution is 2.13. The lowest BCUT2D eigenvalue weighted by Crippen LogP contribution is -2.29. The normalized spacial score (nSPS) is 11.1. The van der Waals surface area contributed by atoms with Gasteiger partial charge < -0.3 is 15.5 Å². The monoisotopic (exact) mass is 359 g/mol. The van der Waals surface area contributed by atoms with Crippen molar-refractivity contribution in [2.24, 2.45) is 0 Å². The first-order chi connectivity index (χ1) is 12.5. The number of carbonyl (C=O) groups excluding carboxylic acids is 2. The summed E-state index contributed by atoms with van der Waals surface area (Å²) in [5.41, 5.74) is 0.930. The molecule has 2 aromatic rings. The third kappa shape index (κ3) is 5.29. The fourth-order valence-corrected chi connectivity index (χ4v) is 2.70. The van der Waals surface area contributed by atoms with E-state index in [4.69, 9.17) is 0 Å². The number of pyridine rings is 1. The van der Waals surface area contributed by atoms with Gasteiger partial charge in [-0.3, -0.25) is 14.0 Å². The third-order valence-electron chi connectivity index (χ3n) is 4.10. The fourth-order valence-electron chi connectivity index (χ4n) is 2.70. The lowest BCUT2D eigenvalue weighted by Gasteiger charge is -2.09. The van der Waals surface area contributed by atoms with Crippen molar-refractivity contribution >= 4 is 17.3 Å². The molecule has 0 fully saturated rings. The summed E-state index contributed by atoms with van der Waals surface area (Å²) in [5, 5.41) is 5.77. The highest BCUT2D eigenvalue weighted by Gasteiger charge is 2.20. The molecule has 0 aliphatic carbocycles. The Morgan fingerprint density at radius 2 is 1.81 bits per heavy atom. The minimum absolute atomic E-state index is 0.239. The van der Waals surface area contributed by atoms with Crippen LogP contribution in [0.3, 0.4) is 0 Å². The second-order valence-electron chi connectivity index (χ2n) is 6.62. The number of amides is 2. The molecule has 7 heteroatoms. The summed E-state index contributed by atoms with van der Waals surface area (Å²) in [5.74, 6) is -0.268. The number of rotatable bonds is 10. The van der Waals surface area contributed by atoms with E-state index in [0.717, 1.165) is 32.2 Å². The van der Waals surface area contributed by atoms with Crippen LogP contribution in [0.5, 0.6) is 0 Å². The number of hydrogen-bond acceptors (Lipinski definition) is 4. The van der Waals surface area contributed by atoms with E-state index >= 15 is 0 Å². The Kier molecular flexibility index (Phi) is 7.59. The molecule has 0 saturated carbocycles. The predicted molar refractivity (Wildman–Crippen MR) is 103 cm³/mol. The quantitative estimate of drug-likeness (QED) is 0.636. The van der Waals surface area contributed by atoms with Gasteiger partial charge >= 0.3 is 0 Å². The molecule has 0 bridgehead atoms. The van der Waals surface area contributed by atoms with Crippen LogP contribution < -0.4 is 10.6 Å². The van der Waals surface area contributed by atoms with Gasteiger partial charge in [0.1, 0.15) is 0 Å². The molecule has 2 aromatic heterocycles. The molecule has 0 aromatic carbocycles. The molecule has 0 saturated heterocycles. The van der Waals surface area contributed by atoms with Gasteiger partial charge in [0.05, 0.1) is 5.52 Å². The number of aromatic nitrogens is 2. The molecular formula is C19H29N5O2. The maximum Gasteiger partial charge on any atom is 0.287 e. The Labute approximate surface area is 154 Å². The maximum absolute atomic E-state index is 12.5. The van der Waals surface area contributed by atoms with Crippen molar-refractivity contribution in [3.63, 3.8) is 0 Å². The van der Waals surface area contributed by atoms with Gasteiger partial charge in [-0.15, -0.1) is 0 Å². The average Bonchev–Trinajstić information content (AvgIpc) is 3.02. The van der Waals surface area contributed by atoms with Gasteiger partial charge in [-0.2, -0.15) is 0 Å². The Balaban J connectivity index is 2.10. The largest absolute Gasteiger partial charge is 0.351 e. The number of imidazole rings is 1. The maximum atomic E-state index is 12.5. The molecule has 0 aliphatic rings. The zero-order chi connectivity index (χ0) is 18.9. The van der Waals surface area contributed by atoms with Crippen LogP contribution in [0.1, 0.15) is 53.7 Å². The van der Waals surface area contributed by atoms with E-state index in [9.17, 15) is 9.59 Å². The molecular weight excluding hydrogens is 330 g/mol. The summed E-state index contributed by atoms with van der Waals surface area (Å²) in [6, 6.07) is 5.46. The first kappa shape index (κ1) is 19.9. The van der Waals surface area contributed by atoms with Crippen molar-refractivity contribution in [2.75, 3.05) is 33.7 Å². The van der Waals surface area contributed by atoms with Gasteiger partial charge in [-0.25, -0.2) is 4.98 Å². The molecule has 26 heavy (non-hydrogen) atoms. The molecule has 2 N–H and O–H groups in total. The molecule has 0 aliphatic heterocycles. The van der Waals surface area contributed by atoms with Crippen LogP contribution in [0.2, 0.25) is 0 Å². The van der Waals surface area contributed by atoms with E-state index in [1.807, 2.05) is 26.2 Å². The SMILES string of the molecule is CCCCCNC(=O)c1nc(C(=O)NCCCN(C)C)n2ccccc12. The topological polar surface area (TPSA) is 78.7 Å². The van der Waals surface area contributed by atoms with Gasteiger partial charge in [0.25, 0.3) is 11.8 Å². The van der Waals surface area contributed by atoms with Crippen LogP contribution >= 0.6 is 0 Å². The van der Waals surface area contributed by atoms with E-state index in [1.165, 1.54) is 0 Å². The van der Waals surface area contributed by atoms with Crippen LogP contribution in [-0.4, -0.2) is 59.8 Å². The summed E-state index contributed by atoms with van der Waals surface area (Å²) >= 11 is 0. The van der Waals surface area contributed by atoms with E-state index in [0.29, 0.717) is 24.3 Å². The van der Waals surface area contributed by atoms with Gasteiger partial charge in [-0.05, 0) is 45.6 Å². The molecule has 2 rings (SSSR count). The van der Waals surface area contributed by atoms with Crippen molar-refractivity contribution in [3.8, 4) is 0 Å². The van der Waals surface area contributed by atoms with Gasteiger partial charge in [0.15, 0.2) is 5.69 Å². The van der Waals surface area contributed by atoms with Crippen molar-refractivity contribution in [3.05, 3.63) is 35.9 Å². The minimum Gasteiger partial charge on any atom is -0.351 e. The van der Waals surface area contributed by atoms with Gasteiger partial charge in [-0.1, -0.05) is 25.8 Å². The number of fused-ring (bicyclic) bond motifs is 1. The van der Waals surface area contributed by atoms with Crippen molar-refractivity contribution in [2.45, 2.75) is 32.6 Å². The van der Waals surface area contributed by atoms with Gasteiger partial charge in [0.2, 0.25) is 5.82 Å². The zero-order valence-electron chi connectivity index (χ0n) is 15.9. The number of hydrogen-bond donors (Lipinski definition) is 2.